The molecule has 102 valence electrons. The van der Waals surface area contributed by atoms with Crippen molar-refractivity contribution >= 4 is 23.2 Å². The molecule has 0 fully saturated rings. The maximum atomic E-state index is 12.0. The lowest BCUT2D eigenvalue weighted by atomic mass is 10.2. The van der Waals surface area contributed by atoms with E-state index in [1.54, 1.807) is 36.4 Å². The fourth-order valence-corrected chi connectivity index (χ4v) is 1.64. The molecule has 2 aromatic rings. The van der Waals surface area contributed by atoms with E-state index in [1.807, 2.05) is 6.07 Å². The SMILES string of the molecule is C=CCOc1cccc(NC(=O)c2ccc(Cl)nc2)c1. The molecule has 0 unspecified atom stereocenters. The van der Waals surface area contributed by atoms with Crippen molar-refractivity contribution in [1.82, 2.24) is 4.98 Å². The third kappa shape index (κ3) is 3.83. The second-order valence-corrected chi connectivity index (χ2v) is 4.34. The molecule has 0 bridgehead atoms. The van der Waals surface area contributed by atoms with Crippen LogP contribution in [0, 0.1) is 0 Å². The predicted octanol–water partition coefficient (Wildman–Crippen LogP) is 3.55. The van der Waals surface area contributed by atoms with Gasteiger partial charge in [-0.1, -0.05) is 30.3 Å². The van der Waals surface area contributed by atoms with Crippen LogP contribution in [0.25, 0.3) is 0 Å². The second kappa shape index (κ2) is 6.73. The van der Waals surface area contributed by atoms with Gasteiger partial charge in [0, 0.05) is 18.0 Å². The molecular formula is C15H13ClN2O2. The van der Waals surface area contributed by atoms with Gasteiger partial charge in [0.1, 0.15) is 17.5 Å². The number of anilines is 1. The fraction of sp³-hybridized carbons (Fsp3) is 0.0667. The average molecular weight is 289 g/mol. The Bertz CT molecular complexity index is 612. The molecule has 0 radical (unpaired) electrons. The number of ether oxygens (including phenoxy) is 1. The molecule has 1 amide bonds. The number of carbonyl (C=O) groups is 1. The smallest absolute Gasteiger partial charge is 0.257 e. The normalized spacial score (nSPS) is 9.85. The van der Waals surface area contributed by atoms with E-state index in [9.17, 15) is 4.79 Å². The van der Waals surface area contributed by atoms with Gasteiger partial charge in [-0.25, -0.2) is 4.98 Å². The molecule has 0 saturated heterocycles. The monoisotopic (exact) mass is 288 g/mol. The minimum Gasteiger partial charge on any atom is -0.489 e. The molecule has 1 N–H and O–H groups in total. The van der Waals surface area contributed by atoms with Crippen LogP contribution in [0.2, 0.25) is 5.15 Å². The number of carbonyl (C=O) groups excluding carboxylic acids is 1. The van der Waals surface area contributed by atoms with E-state index >= 15 is 0 Å². The standard InChI is InChI=1S/C15H13ClN2O2/c1-2-8-20-13-5-3-4-12(9-13)18-15(19)11-6-7-14(16)17-10-11/h2-7,9-10H,1,8H2,(H,18,19). The number of pyridine rings is 1. The molecule has 0 aliphatic rings. The third-order valence-electron chi connectivity index (χ3n) is 2.45. The van der Waals surface area contributed by atoms with Crippen molar-refractivity contribution in [3.05, 3.63) is 66.0 Å². The molecule has 5 heteroatoms. The number of nitrogens with zero attached hydrogens (tertiary/aromatic N) is 1. The molecule has 0 aliphatic heterocycles. The lowest BCUT2D eigenvalue weighted by molar-refractivity contribution is 0.102. The minimum absolute atomic E-state index is 0.255. The van der Waals surface area contributed by atoms with Crippen molar-refractivity contribution in [2.45, 2.75) is 0 Å². The van der Waals surface area contributed by atoms with Crippen LogP contribution in [-0.2, 0) is 0 Å². The van der Waals surface area contributed by atoms with Crippen LogP contribution in [0.4, 0.5) is 5.69 Å². The first-order chi connectivity index (χ1) is 9.69. The first kappa shape index (κ1) is 14.1. The minimum atomic E-state index is -0.255. The Labute approximate surface area is 122 Å². The molecule has 1 aromatic heterocycles. The lowest BCUT2D eigenvalue weighted by Gasteiger charge is -2.08. The molecule has 0 saturated carbocycles. The summed E-state index contributed by atoms with van der Waals surface area (Å²) < 4.78 is 5.40. The van der Waals surface area contributed by atoms with Crippen molar-refractivity contribution in [2.24, 2.45) is 0 Å². The predicted molar refractivity (Wildman–Crippen MR) is 79.3 cm³/mol. The zero-order valence-electron chi connectivity index (χ0n) is 10.7. The molecule has 2 rings (SSSR count). The van der Waals surface area contributed by atoms with Gasteiger partial charge in [0.2, 0.25) is 0 Å². The van der Waals surface area contributed by atoms with Crippen molar-refractivity contribution < 1.29 is 9.53 Å². The summed E-state index contributed by atoms with van der Waals surface area (Å²) in [4.78, 5) is 15.9. The van der Waals surface area contributed by atoms with E-state index in [-0.39, 0.29) is 5.91 Å². The quantitative estimate of drug-likeness (QED) is 0.676. The van der Waals surface area contributed by atoms with E-state index in [2.05, 4.69) is 16.9 Å². The van der Waals surface area contributed by atoms with Crippen LogP contribution in [0.5, 0.6) is 5.75 Å². The van der Waals surface area contributed by atoms with Crippen LogP contribution in [0.1, 0.15) is 10.4 Å². The molecule has 1 heterocycles. The van der Waals surface area contributed by atoms with Crippen LogP contribution in [0.15, 0.2) is 55.3 Å². The number of hydrogen-bond donors (Lipinski definition) is 1. The highest BCUT2D eigenvalue weighted by molar-refractivity contribution is 6.29. The number of rotatable bonds is 5. The summed E-state index contributed by atoms with van der Waals surface area (Å²) in [6.45, 7) is 4.00. The van der Waals surface area contributed by atoms with Crippen LogP contribution in [-0.4, -0.2) is 17.5 Å². The largest absolute Gasteiger partial charge is 0.489 e. The topological polar surface area (TPSA) is 51.2 Å². The zero-order valence-corrected chi connectivity index (χ0v) is 11.4. The second-order valence-electron chi connectivity index (χ2n) is 3.95. The summed E-state index contributed by atoms with van der Waals surface area (Å²) in [6, 6.07) is 10.3. The first-order valence-electron chi connectivity index (χ1n) is 5.95. The number of halogens is 1. The van der Waals surface area contributed by atoms with E-state index in [4.69, 9.17) is 16.3 Å². The zero-order chi connectivity index (χ0) is 14.4. The van der Waals surface area contributed by atoms with Gasteiger partial charge >= 0.3 is 0 Å². The Hall–Kier alpha value is -2.33. The maximum Gasteiger partial charge on any atom is 0.257 e. The summed E-state index contributed by atoms with van der Waals surface area (Å²) in [6.07, 6.45) is 3.08. The van der Waals surface area contributed by atoms with E-state index < -0.39 is 0 Å². The molecule has 0 atom stereocenters. The van der Waals surface area contributed by atoms with Gasteiger partial charge in [0.05, 0.1) is 5.56 Å². The highest BCUT2D eigenvalue weighted by Crippen LogP contribution is 2.18. The molecule has 20 heavy (non-hydrogen) atoms. The van der Waals surface area contributed by atoms with Gasteiger partial charge in [0.15, 0.2) is 0 Å². The summed E-state index contributed by atoms with van der Waals surface area (Å²) in [7, 11) is 0. The Balaban J connectivity index is 2.07. The fourth-order valence-electron chi connectivity index (χ4n) is 1.53. The van der Waals surface area contributed by atoms with Gasteiger partial charge < -0.3 is 10.1 Å². The molecule has 4 nitrogen and oxygen atoms in total. The highest BCUT2D eigenvalue weighted by atomic mass is 35.5. The Morgan fingerprint density at radius 3 is 2.95 bits per heavy atom. The Morgan fingerprint density at radius 1 is 1.40 bits per heavy atom. The van der Waals surface area contributed by atoms with Gasteiger partial charge in [-0.2, -0.15) is 0 Å². The molecule has 1 aromatic carbocycles. The molecule has 0 aliphatic carbocycles. The van der Waals surface area contributed by atoms with Crippen LogP contribution in [0.3, 0.4) is 0 Å². The van der Waals surface area contributed by atoms with Crippen LogP contribution < -0.4 is 10.1 Å². The Morgan fingerprint density at radius 2 is 2.25 bits per heavy atom. The number of nitrogens with one attached hydrogen (secondary N) is 1. The summed E-state index contributed by atoms with van der Waals surface area (Å²) in [5.41, 5.74) is 1.08. The van der Waals surface area contributed by atoms with E-state index in [1.165, 1.54) is 6.20 Å². The van der Waals surface area contributed by atoms with Gasteiger partial charge in [-0.05, 0) is 24.3 Å². The Kier molecular flexibility index (Phi) is 4.74. The average Bonchev–Trinajstić information content (AvgIpc) is 2.46. The van der Waals surface area contributed by atoms with Crippen molar-refractivity contribution in [1.29, 1.82) is 0 Å². The van der Waals surface area contributed by atoms with E-state index in [0.29, 0.717) is 28.8 Å². The summed E-state index contributed by atoms with van der Waals surface area (Å²) in [5.74, 6) is 0.409. The van der Waals surface area contributed by atoms with E-state index in [0.717, 1.165) is 0 Å². The number of aromatic nitrogens is 1. The first-order valence-corrected chi connectivity index (χ1v) is 6.33. The third-order valence-corrected chi connectivity index (χ3v) is 2.67. The van der Waals surface area contributed by atoms with Crippen molar-refractivity contribution in [2.75, 3.05) is 11.9 Å². The summed E-state index contributed by atoms with van der Waals surface area (Å²) >= 11 is 5.68. The number of amides is 1. The van der Waals surface area contributed by atoms with Crippen molar-refractivity contribution in [3.8, 4) is 5.75 Å². The maximum absolute atomic E-state index is 12.0. The summed E-state index contributed by atoms with van der Waals surface area (Å²) in [5, 5.41) is 3.12. The van der Waals surface area contributed by atoms with Gasteiger partial charge in [-0.15, -0.1) is 0 Å². The molecule has 0 spiro atoms. The van der Waals surface area contributed by atoms with Gasteiger partial charge in [0.25, 0.3) is 5.91 Å². The van der Waals surface area contributed by atoms with Crippen molar-refractivity contribution in [3.63, 3.8) is 0 Å². The number of hydrogen-bond acceptors (Lipinski definition) is 3. The molecular weight excluding hydrogens is 276 g/mol. The highest BCUT2D eigenvalue weighted by Gasteiger charge is 2.07. The lowest BCUT2D eigenvalue weighted by Crippen LogP contribution is -2.12. The van der Waals surface area contributed by atoms with Crippen LogP contribution >= 0.6 is 11.6 Å². The van der Waals surface area contributed by atoms with Gasteiger partial charge in [-0.3, -0.25) is 4.79 Å². The number of benzene rings is 1.